The Morgan fingerprint density at radius 2 is 1.56 bits per heavy atom. The molecule has 0 saturated heterocycles. The minimum atomic E-state index is -0.898. The van der Waals surface area contributed by atoms with Gasteiger partial charge in [0.15, 0.2) is 0 Å². The van der Waals surface area contributed by atoms with E-state index >= 15 is 0 Å². The summed E-state index contributed by atoms with van der Waals surface area (Å²) < 4.78 is 18.1. The number of hydrogen-bond donors (Lipinski definition) is 0. The van der Waals surface area contributed by atoms with Crippen molar-refractivity contribution < 1.29 is 13.9 Å². The van der Waals surface area contributed by atoms with Crippen LogP contribution in [0.15, 0.2) is 0 Å². The van der Waals surface area contributed by atoms with E-state index in [1.807, 2.05) is 27.7 Å². The molecular weight excluding hydrogens is 231 g/mol. The van der Waals surface area contributed by atoms with E-state index in [9.17, 15) is 9.18 Å². The minimum absolute atomic E-state index is 0.225. The average Bonchev–Trinajstić information content (AvgIpc) is 2.11. The van der Waals surface area contributed by atoms with Crippen LogP contribution in [0.1, 0.15) is 80.6 Å². The molecule has 3 heteroatoms. The van der Waals surface area contributed by atoms with Crippen molar-refractivity contribution in [1.82, 2.24) is 0 Å². The third-order valence-electron chi connectivity index (χ3n) is 2.27. The van der Waals surface area contributed by atoms with Crippen molar-refractivity contribution in [2.75, 3.05) is 0 Å². The molecule has 0 radical (unpaired) electrons. The van der Waals surface area contributed by atoms with Gasteiger partial charge in [-0.2, -0.15) is 0 Å². The van der Waals surface area contributed by atoms with Gasteiger partial charge in [0, 0.05) is 6.92 Å². The van der Waals surface area contributed by atoms with E-state index < -0.39 is 5.67 Å². The summed E-state index contributed by atoms with van der Waals surface area (Å²) >= 11 is 0. The summed E-state index contributed by atoms with van der Waals surface area (Å²) in [7, 11) is 0. The summed E-state index contributed by atoms with van der Waals surface area (Å²) in [5.41, 5.74) is -1.23. The molecule has 0 aromatic carbocycles. The molecule has 1 atom stereocenters. The molecule has 1 unspecified atom stereocenters. The summed E-state index contributed by atoms with van der Waals surface area (Å²) in [5.74, 6) is -0.225. The van der Waals surface area contributed by atoms with Crippen molar-refractivity contribution in [3.05, 3.63) is 0 Å². The fraction of sp³-hybridized carbons (Fsp3) is 0.933. The first kappa shape index (κ1) is 19.7. The Labute approximate surface area is 112 Å². The summed E-state index contributed by atoms with van der Waals surface area (Å²) in [6.07, 6.45) is 4.53. The number of halogens is 1. The zero-order chi connectivity index (χ0) is 14.8. The quantitative estimate of drug-likeness (QED) is 0.648. The molecule has 0 aromatic heterocycles. The number of rotatable bonds is 5. The van der Waals surface area contributed by atoms with Crippen molar-refractivity contribution >= 4 is 5.97 Å². The standard InChI is InChI=1S/C9H19F.C6H12O2/c1-4-6-8-9(3,10)7-5-2;1-5(7)8-6(2,3)4/h4-8H2,1-3H3;1-4H3. The highest BCUT2D eigenvalue weighted by Gasteiger charge is 2.20. The van der Waals surface area contributed by atoms with Crippen LogP contribution in [0.4, 0.5) is 4.39 Å². The summed E-state index contributed by atoms with van der Waals surface area (Å²) in [4.78, 5) is 10.2. The van der Waals surface area contributed by atoms with E-state index in [-0.39, 0.29) is 11.6 Å². The normalized spacial score (nSPS) is 14.2. The van der Waals surface area contributed by atoms with E-state index in [0.29, 0.717) is 6.42 Å². The SMILES string of the molecule is CC(=O)OC(C)(C)C.CCCCC(C)(F)CCC. The van der Waals surface area contributed by atoms with Crippen LogP contribution in [0.2, 0.25) is 0 Å². The maximum atomic E-state index is 13.3. The second kappa shape index (κ2) is 9.35. The summed E-state index contributed by atoms with van der Waals surface area (Å²) in [5, 5.41) is 0. The molecule has 0 amide bonds. The highest BCUT2D eigenvalue weighted by Crippen LogP contribution is 2.23. The lowest BCUT2D eigenvalue weighted by atomic mass is 9.96. The second-order valence-electron chi connectivity index (χ2n) is 5.97. The maximum Gasteiger partial charge on any atom is 0.303 e. The first-order valence-electron chi connectivity index (χ1n) is 6.92. The van der Waals surface area contributed by atoms with Gasteiger partial charge in [-0.25, -0.2) is 4.39 Å². The third-order valence-corrected chi connectivity index (χ3v) is 2.27. The lowest BCUT2D eigenvalue weighted by molar-refractivity contribution is -0.151. The van der Waals surface area contributed by atoms with Crippen LogP contribution in [0, 0.1) is 0 Å². The van der Waals surface area contributed by atoms with Gasteiger partial charge >= 0.3 is 5.97 Å². The molecular formula is C15H31FO2. The van der Waals surface area contributed by atoms with Crippen LogP contribution in [-0.4, -0.2) is 17.2 Å². The van der Waals surface area contributed by atoms with Crippen molar-refractivity contribution in [3.8, 4) is 0 Å². The van der Waals surface area contributed by atoms with Crippen LogP contribution in [0.5, 0.6) is 0 Å². The fourth-order valence-corrected chi connectivity index (χ4v) is 1.62. The Bertz CT molecular complexity index is 217. The number of alkyl halides is 1. The Morgan fingerprint density at radius 3 is 1.78 bits per heavy atom. The van der Waals surface area contributed by atoms with Crippen LogP contribution < -0.4 is 0 Å². The number of ether oxygens (including phenoxy) is 1. The topological polar surface area (TPSA) is 26.3 Å². The first-order valence-corrected chi connectivity index (χ1v) is 6.92. The van der Waals surface area contributed by atoms with Crippen molar-refractivity contribution in [3.63, 3.8) is 0 Å². The highest BCUT2D eigenvalue weighted by atomic mass is 19.1. The Morgan fingerprint density at radius 1 is 1.06 bits per heavy atom. The summed E-state index contributed by atoms with van der Waals surface area (Å²) in [6.45, 7) is 12.8. The molecule has 0 aliphatic carbocycles. The first-order chi connectivity index (χ1) is 8.04. The number of unbranched alkanes of at least 4 members (excludes halogenated alkanes) is 1. The van der Waals surface area contributed by atoms with Gasteiger partial charge in [0.2, 0.25) is 0 Å². The predicted octanol–water partition coefficient (Wildman–Crippen LogP) is 5.05. The molecule has 0 saturated carbocycles. The van der Waals surface area contributed by atoms with Crippen LogP contribution >= 0.6 is 0 Å². The molecule has 0 aliphatic rings. The zero-order valence-corrected chi connectivity index (χ0v) is 13.2. The van der Waals surface area contributed by atoms with Gasteiger partial charge in [0.25, 0.3) is 0 Å². The Hall–Kier alpha value is -0.600. The van der Waals surface area contributed by atoms with Crippen LogP contribution in [0.25, 0.3) is 0 Å². The largest absolute Gasteiger partial charge is 0.460 e. The maximum absolute atomic E-state index is 13.3. The highest BCUT2D eigenvalue weighted by molar-refractivity contribution is 5.66. The van der Waals surface area contributed by atoms with Crippen LogP contribution in [0.3, 0.4) is 0 Å². The Balaban J connectivity index is 0. The van der Waals surface area contributed by atoms with Gasteiger partial charge < -0.3 is 4.74 Å². The average molecular weight is 262 g/mol. The van der Waals surface area contributed by atoms with Crippen molar-refractivity contribution in [1.29, 1.82) is 0 Å². The molecule has 2 nitrogen and oxygen atoms in total. The van der Waals surface area contributed by atoms with Gasteiger partial charge in [0.1, 0.15) is 11.3 Å². The van der Waals surface area contributed by atoms with E-state index in [1.54, 1.807) is 6.92 Å². The molecule has 18 heavy (non-hydrogen) atoms. The molecule has 0 bridgehead atoms. The summed E-state index contributed by atoms with van der Waals surface area (Å²) in [6, 6.07) is 0. The fourth-order valence-electron chi connectivity index (χ4n) is 1.62. The van der Waals surface area contributed by atoms with E-state index in [2.05, 4.69) is 6.92 Å². The molecule has 0 spiro atoms. The van der Waals surface area contributed by atoms with Gasteiger partial charge in [-0.3, -0.25) is 4.79 Å². The van der Waals surface area contributed by atoms with Gasteiger partial charge in [0.05, 0.1) is 0 Å². The molecule has 0 fully saturated rings. The monoisotopic (exact) mass is 262 g/mol. The second-order valence-corrected chi connectivity index (χ2v) is 5.97. The van der Waals surface area contributed by atoms with Gasteiger partial charge in [-0.1, -0.05) is 33.1 Å². The predicted molar refractivity (Wildman–Crippen MR) is 75.5 cm³/mol. The van der Waals surface area contributed by atoms with Crippen molar-refractivity contribution in [2.45, 2.75) is 91.8 Å². The number of carbonyl (C=O) groups excluding carboxylic acids is 1. The molecule has 0 rings (SSSR count). The number of carbonyl (C=O) groups is 1. The number of hydrogen-bond acceptors (Lipinski definition) is 2. The van der Waals surface area contributed by atoms with Crippen LogP contribution in [-0.2, 0) is 9.53 Å². The van der Waals surface area contributed by atoms with Gasteiger partial charge in [-0.05, 0) is 40.5 Å². The van der Waals surface area contributed by atoms with E-state index in [4.69, 9.17) is 4.74 Å². The molecule has 0 aliphatic heterocycles. The molecule has 0 N–H and O–H groups in total. The van der Waals surface area contributed by atoms with Gasteiger partial charge in [-0.15, -0.1) is 0 Å². The zero-order valence-electron chi connectivity index (χ0n) is 13.2. The van der Waals surface area contributed by atoms with E-state index in [1.165, 1.54) is 6.92 Å². The number of esters is 1. The third kappa shape index (κ3) is 17.8. The molecule has 110 valence electrons. The van der Waals surface area contributed by atoms with Crippen molar-refractivity contribution in [2.24, 2.45) is 0 Å². The lowest BCUT2D eigenvalue weighted by Gasteiger charge is -2.18. The minimum Gasteiger partial charge on any atom is -0.460 e. The lowest BCUT2D eigenvalue weighted by Crippen LogP contribution is -2.21. The van der Waals surface area contributed by atoms with E-state index in [0.717, 1.165) is 25.7 Å². The molecule has 0 aromatic rings. The Kier molecular flexibility index (Phi) is 10.2. The molecule has 0 heterocycles. The smallest absolute Gasteiger partial charge is 0.303 e.